The summed E-state index contributed by atoms with van der Waals surface area (Å²) in [5, 5.41) is 5.47. The zero-order valence-corrected chi connectivity index (χ0v) is 10.6. The molecule has 2 N–H and O–H groups in total. The van der Waals surface area contributed by atoms with E-state index in [1.54, 1.807) is 12.1 Å². The predicted octanol–water partition coefficient (Wildman–Crippen LogP) is 1.50. The summed E-state index contributed by atoms with van der Waals surface area (Å²) < 4.78 is 12.7. The summed E-state index contributed by atoms with van der Waals surface area (Å²) in [6.45, 7) is 0.339. The molecule has 1 unspecified atom stereocenters. The van der Waals surface area contributed by atoms with Gasteiger partial charge in [0.2, 0.25) is 11.8 Å². The van der Waals surface area contributed by atoms with E-state index in [0.29, 0.717) is 19.4 Å². The zero-order chi connectivity index (χ0) is 13.7. The summed E-state index contributed by atoms with van der Waals surface area (Å²) in [7, 11) is 0. The van der Waals surface area contributed by atoms with Crippen molar-refractivity contribution in [1.29, 1.82) is 0 Å². The molecule has 4 nitrogen and oxygen atoms in total. The lowest BCUT2D eigenvalue weighted by Gasteiger charge is -2.15. The van der Waals surface area contributed by atoms with Gasteiger partial charge in [0.1, 0.15) is 11.9 Å². The Morgan fingerprint density at radius 1 is 1.32 bits per heavy atom. The number of carbonyl (C=O) groups excluding carboxylic acids is 2. The Balaban J connectivity index is 1.86. The van der Waals surface area contributed by atoms with Crippen molar-refractivity contribution in [3.63, 3.8) is 0 Å². The molecule has 19 heavy (non-hydrogen) atoms. The first-order valence-electron chi connectivity index (χ1n) is 6.46. The van der Waals surface area contributed by atoms with Crippen molar-refractivity contribution in [1.82, 2.24) is 10.6 Å². The summed E-state index contributed by atoms with van der Waals surface area (Å²) in [5.41, 5.74) is 0.828. The average molecular weight is 264 g/mol. The maximum atomic E-state index is 12.7. The summed E-state index contributed by atoms with van der Waals surface area (Å²) in [6, 6.07) is 5.52. The molecule has 2 amide bonds. The zero-order valence-electron chi connectivity index (χ0n) is 10.6. The topological polar surface area (TPSA) is 58.2 Å². The molecule has 2 rings (SSSR count). The highest BCUT2D eigenvalue weighted by molar-refractivity contribution is 5.87. The van der Waals surface area contributed by atoms with E-state index in [9.17, 15) is 14.0 Å². The van der Waals surface area contributed by atoms with Crippen LogP contribution >= 0.6 is 0 Å². The molecular weight excluding hydrogens is 247 g/mol. The Kier molecular flexibility index (Phi) is 4.49. The van der Waals surface area contributed by atoms with Crippen LogP contribution in [0.2, 0.25) is 0 Å². The number of amides is 2. The fourth-order valence-corrected chi connectivity index (χ4v) is 2.08. The van der Waals surface area contributed by atoms with E-state index in [0.717, 1.165) is 18.4 Å². The van der Waals surface area contributed by atoms with Crippen molar-refractivity contribution in [2.45, 2.75) is 38.3 Å². The van der Waals surface area contributed by atoms with Gasteiger partial charge in [-0.2, -0.15) is 0 Å². The van der Waals surface area contributed by atoms with Gasteiger partial charge in [-0.1, -0.05) is 18.6 Å². The number of hydrogen-bond donors (Lipinski definition) is 2. The largest absolute Gasteiger partial charge is 0.350 e. The maximum Gasteiger partial charge on any atom is 0.242 e. The second-order valence-corrected chi connectivity index (χ2v) is 4.71. The van der Waals surface area contributed by atoms with Crippen LogP contribution in [0.15, 0.2) is 24.3 Å². The minimum absolute atomic E-state index is 0.0700. The summed E-state index contributed by atoms with van der Waals surface area (Å²) in [5.74, 6) is -0.551. The third-order valence-electron chi connectivity index (χ3n) is 3.18. The van der Waals surface area contributed by atoms with Gasteiger partial charge in [0.05, 0.1) is 0 Å². The van der Waals surface area contributed by atoms with Gasteiger partial charge in [0, 0.05) is 13.0 Å². The van der Waals surface area contributed by atoms with E-state index >= 15 is 0 Å². The normalized spacial score (nSPS) is 19.4. The first kappa shape index (κ1) is 13.5. The molecule has 1 fully saturated rings. The minimum Gasteiger partial charge on any atom is -0.350 e. The van der Waals surface area contributed by atoms with Crippen molar-refractivity contribution in [2.75, 3.05) is 0 Å². The molecule has 0 aliphatic carbocycles. The van der Waals surface area contributed by atoms with Crippen molar-refractivity contribution in [2.24, 2.45) is 0 Å². The molecular formula is C14H17FN2O2. The number of benzene rings is 1. The fourth-order valence-electron chi connectivity index (χ4n) is 2.08. The van der Waals surface area contributed by atoms with Gasteiger partial charge in [-0.05, 0) is 30.5 Å². The molecule has 1 saturated heterocycles. The Labute approximate surface area is 111 Å². The van der Waals surface area contributed by atoms with Gasteiger partial charge in [-0.15, -0.1) is 0 Å². The van der Waals surface area contributed by atoms with E-state index in [4.69, 9.17) is 0 Å². The van der Waals surface area contributed by atoms with Crippen molar-refractivity contribution in [3.05, 3.63) is 35.6 Å². The van der Waals surface area contributed by atoms with E-state index < -0.39 is 6.04 Å². The number of halogens is 1. The first-order valence-corrected chi connectivity index (χ1v) is 6.46. The van der Waals surface area contributed by atoms with Gasteiger partial charge in [0.25, 0.3) is 0 Å². The second-order valence-electron chi connectivity index (χ2n) is 4.71. The Hall–Kier alpha value is -1.91. The van der Waals surface area contributed by atoms with Crippen LogP contribution in [-0.2, 0) is 16.1 Å². The molecule has 1 aliphatic heterocycles. The highest BCUT2D eigenvalue weighted by Gasteiger charge is 2.22. The molecule has 5 heteroatoms. The molecule has 102 valence electrons. The molecule has 1 aromatic carbocycles. The third kappa shape index (κ3) is 4.05. The smallest absolute Gasteiger partial charge is 0.242 e. The van der Waals surface area contributed by atoms with Gasteiger partial charge in [-0.25, -0.2) is 4.39 Å². The Morgan fingerprint density at radius 2 is 2.05 bits per heavy atom. The van der Waals surface area contributed by atoms with Gasteiger partial charge >= 0.3 is 0 Å². The molecule has 0 aromatic heterocycles. The molecule has 1 heterocycles. The summed E-state index contributed by atoms with van der Waals surface area (Å²) >= 11 is 0. The maximum absolute atomic E-state index is 12.7. The number of hydrogen-bond acceptors (Lipinski definition) is 2. The quantitative estimate of drug-likeness (QED) is 0.869. The number of carbonyl (C=O) groups is 2. The van der Waals surface area contributed by atoms with Crippen LogP contribution in [0.5, 0.6) is 0 Å². The van der Waals surface area contributed by atoms with Crippen LogP contribution < -0.4 is 10.6 Å². The lowest BCUT2D eigenvalue weighted by Crippen LogP contribution is -2.45. The minimum atomic E-state index is -0.449. The van der Waals surface area contributed by atoms with Crippen LogP contribution in [0.3, 0.4) is 0 Å². The van der Waals surface area contributed by atoms with E-state index in [1.165, 1.54) is 12.1 Å². The Morgan fingerprint density at radius 3 is 2.79 bits per heavy atom. The van der Waals surface area contributed by atoms with E-state index in [-0.39, 0.29) is 17.6 Å². The molecule has 0 saturated carbocycles. The van der Waals surface area contributed by atoms with Crippen LogP contribution in [0.1, 0.15) is 31.2 Å². The van der Waals surface area contributed by atoms with Crippen molar-refractivity contribution in [3.8, 4) is 0 Å². The van der Waals surface area contributed by atoms with E-state index in [2.05, 4.69) is 10.6 Å². The second kappa shape index (κ2) is 6.31. The summed E-state index contributed by atoms with van der Waals surface area (Å²) in [6.07, 6.45) is 2.85. The Bertz CT molecular complexity index is 459. The van der Waals surface area contributed by atoms with Gasteiger partial charge in [-0.3, -0.25) is 9.59 Å². The SMILES string of the molecule is O=C1CCCCC(C(=O)NCc2ccc(F)cc2)N1. The number of nitrogens with one attached hydrogen (secondary N) is 2. The molecule has 1 atom stereocenters. The first-order chi connectivity index (χ1) is 9.15. The highest BCUT2D eigenvalue weighted by atomic mass is 19.1. The summed E-state index contributed by atoms with van der Waals surface area (Å²) in [4.78, 5) is 23.3. The predicted molar refractivity (Wildman–Crippen MR) is 68.6 cm³/mol. The third-order valence-corrected chi connectivity index (χ3v) is 3.18. The molecule has 1 aliphatic rings. The molecule has 0 spiro atoms. The van der Waals surface area contributed by atoms with Crippen molar-refractivity contribution >= 4 is 11.8 Å². The monoisotopic (exact) mass is 264 g/mol. The van der Waals surface area contributed by atoms with Crippen LogP contribution in [0, 0.1) is 5.82 Å². The van der Waals surface area contributed by atoms with Gasteiger partial charge in [0.15, 0.2) is 0 Å². The molecule has 0 bridgehead atoms. The van der Waals surface area contributed by atoms with Crippen LogP contribution in [0.25, 0.3) is 0 Å². The highest BCUT2D eigenvalue weighted by Crippen LogP contribution is 2.10. The lowest BCUT2D eigenvalue weighted by atomic mass is 10.1. The van der Waals surface area contributed by atoms with Crippen molar-refractivity contribution < 1.29 is 14.0 Å². The fraction of sp³-hybridized carbons (Fsp3) is 0.429. The molecule has 0 radical (unpaired) electrons. The van der Waals surface area contributed by atoms with E-state index in [1.807, 2.05) is 0 Å². The lowest BCUT2D eigenvalue weighted by molar-refractivity contribution is -0.128. The van der Waals surface area contributed by atoms with Gasteiger partial charge < -0.3 is 10.6 Å². The number of rotatable bonds is 3. The molecule has 1 aromatic rings. The van der Waals surface area contributed by atoms with Crippen LogP contribution in [0.4, 0.5) is 4.39 Å². The van der Waals surface area contributed by atoms with Crippen LogP contribution in [-0.4, -0.2) is 17.9 Å². The average Bonchev–Trinajstić information content (AvgIpc) is 2.62. The standard InChI is InChI=1S/C14H17FN2O2/c15-11-7-5-10(6-8-11)9-16-14(19)12-3-1-2-4-13(18)17-12/h5-8,12H,1-4,9H2,(H,16,19)(H,17,18).